The lowest BCUT2D eigenvalue weighted by Crippen LogP contribution is -2.33. The summed E-state index contributed by atoms with van der Waals surface area (Å²) in [5, 5.41) is 12.3. The molecule has 2 atom stereocenters. The van der Waals surface area contributed by atoms with Gasteiger partial charge in [-0.1, -0.05) is 25.7 Å². The number of carbonyl (C=O) groups is 1. The van der Waals surface area contributed by atoms with E-state index in [1.807, 2.05) is 0 Å². The first kappa shape index (κ1) is 13.9. The van der Waals surface area contributed by atoms with Crippen LogP contribution in [0.25, 0.3) is 0 Å². The lowest BCUT2D eigenvalue weighted by Gasteiger charge is -2.22. The number of nitrogens with one attached hydrogen (secondary N) is 1. The highest BCUT2D eigenvalue weighted by Crippen LogP contribution is 2.31. The molecule has 0 aliphatic heterocycles. The minimum atomic E-state index is 0.227. The third-order valence-corrected chi connectivity index (χ3v) is 4.81. The monoisotopic (exact) mass is 253 g/mol. The van der Waals surface area contributed by atoms with Crippen molar-refractivity contribution in [3.05, 3.63) is 0 Å². The molecule has 0 aromatic carbocycles. The van der Waals surface area contributed by atoms with E-state index in [4.69, 9.17) is 0 Å². The zero-order valence-electron chi connectivity index (χ0n) is 11.4. The van der Waals surface area contributed by atoms with Crippen molar-refractivity contribution in [2.75, 3.05) is 13.2 Å². The molecular formula is C15H27NO2. The molecule has 0 aromatic heterocycles. The molecule has 0 saturated heterocycles. The molecule has 3 heteroatoms. The number of aliphatic hydroxyl groups excluding tert-OH is 1. The summed E-state index contributed by atoms with van der Waals surface area (Å²) in [7, 11) is 0. The molecule has 0 radical (unpaired) electrons. The SMILES string of the molecule is O=C(CC1CCCCC1)NCC1CCCC1CO. The Labute approximate surface area is 110 Å². The Hall–Kier alpha value is -0.570. The molecule has 1 amide bonds. The molecule has 0 bridgehead atoms. The molecule has 2 aliphatic rings. The van der Waals surface area contributed by atoms with Crippen LogP contribution in [0.3, 0.4) is 0 Å². The number of rotatable bonds is 5. The molecule has 2 fully saturated rings. The predicted octanol–water partition coefficient (Wildman–Crippen LogP) is 2.48. The zero-order chi connectivity index (χ0) is 12.8. The second-order valence-electron chi connectivity index (χ2n) is 6.15. The van der Waals surface area contributed by atoms with Crippen LogP contribution in [0.2, 0.25) is 0 Å². The molecular weight excluding hydrogens is 226 g/mol. The van der Waals surface area contributed by atoms with Crippen LogP contribution in [0.5, 0.6) is 0 Å². The Balaban J connectivity index is 1.64. The molecule has 0 spiro atoms. The third-order valence-electron chi connectivity index (χ3n) is 4.81. The van der Waals surface area contributed by atoms with Gasteiger partial charge in [-0.25, -0.2) is 0 Å². The van der Waals surface area contributed by atoms with Crippen LogP contribution >= 0.6 is 0 Å². The van der Waals surface area contributed by atoms with Crippen LogP contribution in [-0.2, 0) is 4.79 Å². The van der Waals surface area contributed by atoms with Crippen LogP contribution < -0.4 is 5.32 Å². The highest BCUT2D eigenvalue weighted by Gasteiger charge is 2.27. The quantitative estimate of drug-likeness (QED) is 0.791. The number of hydrogen-bond donors (Lipinski definition) is 2. The minimum absolute atomic E-state index is 0.227. The maximum atomic E-state index is 11.9. The largest absolute Gasteiger partial charge is 0.396 e. The fraction of sp³-hybridized carbons (Fsp3) is 0.933. The zero-order valence-corrected chi connectivity index (χ0v) is 11.4. The maximum absolute atomic E-state index is 11.9. The molecule has 18 heavy (non-hydrogen) atoms. The van der Waals surface area contributed by atoms with E-state index in [9.17, 15) is 9.90 Å². The summed E-state index contributed by atoms with van der Waals surface area (Å²) in [5.74, 6) is 1.77. The van der Waals surface area contributed by atoms with Crippen molar-refractivity contribution >= 4 is 5.91 Å². The summed E-state index contributed by atoms with van der Waals surface area (Å²) in [5.41, 5.74) is 0. The summed E-state index contributed by atoms with van der Waals surface area (Å²) in [6.45, 7) is 1.06. The van der Waals surface area contributed by atoms with Gasteiger partial charge in [0.2, 0.25) is 5.91 Å². The highest BCUT2D eigenvalue weighted by molar-refractivity contribution is 5.76. The van der Waals surface area contributed by atoms with Crippen molar-refractivity contribution in [3.63, 3.8) is 0 Å². The molecule has 0 aromatic rings. The van der Waals surface area contributed by atoms with E-state index in [1.54, 1.807) is 0 Å². The summed E-state index contributed by atoms with van der Waals surface area (Å²) >= 11 is 0. The summed E-state index contributed by atoms with van der Waals surface area (Å²) in [4.78, 5) is 11.9. The molecule has 2 saturated carbocycles. The van der Waals surface area contributed by atoms with Gasteiger partial charge in [0.05, 0.1) is 0 Å². The van der Waals surface area contributed by atoms with E-state index in [2.05, 4.69) is 5.32 Å². The molecule has 2 N–H and O–H groups in total. The van der Waals surface area contributed by atoms with Crippen molar-refractivity contribution in [2.24, 2.45) is 17.8 Å². The summed E-state index contributed by atoms with van der Waals surface area (Å²) < 4.78 is 0. The number of hydrogen-bond acceptors (Lipinski definition) is 2. The van der Waals surface area contributed by atoms with Gasteiger partial charge in [-0.05, 0) is 43.4 Å². The summed E-state index contributed by atoms with van der Waals surface area (Å²) in [6, 6.07) is 0. The second-order valence-corrected chi connectivity index (χ2v) is 6.15. The van der Waals surface area contributed by atoms with Gasteiger partial charge in [0.1, 0.15) is 0 Å². The standard InChI is InChI=1S/C15H27NO2/c17-11-14-8-4-7-13(14)10-16-15(18)9-12-5-2-1-3-6-12/h12-14,17H,1-11H2,(H,16,18). The van der Waals surface area contributed by atoms with Crippen molar-refractivity contribution in [1.82, 2.24) is 5.32 Å². The second kappa shape index (κ2) is 7.13. The average Bonchev–Trinajstić information content (AvgIpc) is 2.85. The van der Waals surface area contributed by atoms with Crippen molar-refractivity contribution < 1.29 is 9.90 Å². The van der Waals surface area contributed by atoms with Gasteiger partial charge >= 0.3 is 0 Å². The van der Waals surface area contributed by atoms with Gasteiger partial charge in [-0.15, -0.1) is 0 Å². The Kier molecular flexibility index (Phi) is 5.48. The fourth-order valence-corrected chi connectivity index (χ4v) is 3.59. The van der Waals surface area contributed by atoms with Gasteiger partial charge < -0.3 is 10.4 Å². The van der Waals surface area contributed by atoms with E-state index in [1.165, 1.54) is 38.5 Å². The highest BCUT2D eigenvalue weighted by atomic mass is 16.3. The Morgan fingerprint density at radius 2 is 1.72 bits per heavy atom. The first-order chi connectivity index (χ1) is 8.79. The van der Waals surface area contributed by atoms with Crippen LogP contribution in [0.15, 0.2) is 0 Å². The third kappa shape index (κ3) is 3.98. The Morgan fingerprint density at radius 1 is 1.00 bits per heavy atom. The number of amides is 1. The average molecular weight is 253 g/mol. The van der Waals surface area contributed by atoms with Gasteiger partial charge in [0.25, 0.3) is 0 Å². The Bertz CT molecular complexity index is 261. The van der Waals surface area contributed by atoms with Gasteiger partial charge in [-0.2, -0.15) is 0 Å². The first-order valence-electron chi connectivity index (χ1n) is 7.67. The van der Waals surface area contributed by atoms with E-state index >= 15 is 0 Å². The van der Waals surface area contributed by atoms with Gasteiger partial charge in [0.15, 0.2) is 0 Å². The number of carbonyl (C=O) groups excluding carboxylic acids is 1. The Morgan fingerprint density at radius 3 is 2.44 bits per heavy atom. The lowest BCUT2D eigenvalue weighted by molar-refractivity contribution is -0.122. The molecule has 0 heterocycles. The van der Waals surface area contributed by atoms with Crippen LogP contribution in [-0.4, -0.2) is 24.2 Å². The van der Waals surface area contributed by atoms with Crippen LogP contribution in [0.1, 0.15) is 57.8 Å². The van der Waals surface area contributed by atoms with E-state index < -0.39 is 0 Å². The smallest absolute Gasteiger partial charge is 0.220 e. The number of aliphatic hydroxyl groups is 1. The molecule has 104 valence electrons. The molecule has 3 nitrogen and oxygen atoms in total. The molecule has 2 aliphatic carbocycles. The van der Waals surface area contributed by atoms with E-state index in [0.29, 0.717) is 17.8 Å². The first-order valence-corrected chi connectivity index (χ1v) is 7.67. The fourth-order valence-electron chi connectivity index (χ4n) is 3.59. The van der Waals surface area contributed by atoms with Crippen molar-refractivity contribution in [1.29, 1.82) is 0 Å². The van der Waals surface area contributed by atoms with Crippen molar-refractivity contribution in [2.45, 2.75) is 57.8 Å². The van der Waals surface area contributed by atoms with Gasteiger partial charge in [0, 0.05) is 19.6 Å². The lowest BCUT2D eigenvalue weighted by atomic mass is 9.87. The predicted molar refractivity (Wildman–Crippen MR) is 72.1 cm³/mol. The summed E-state index contributed by atoms with van der Waals surface area (Å²) in [6.07, 6.45) is 10.6. The normalized spacial score (nSPS) is 29.4. The maximum Gasteiger partial charge on any atom is 0.220 e. The molecule has 2 rings (SSSR count). The van der Waals surface area contributed by atoms with Crippen LogP contribution in [0, 0.1) is 17.8 Å². The van der Waals surface area contributed by atoms with Crippen LogP contribution in [0.4, 0.5) is 0 Å². The van der Waals surface area contributed by atoms with E-state index in [0.717, 1.165) is 25.8 Å². The van der Waals surface area contributed by atoms with E-state index in [-0.39, 0.29) is 12.5 Å². The molecule has 2 unspecified atom stereocenters. The topological polar surface area (TPSA) is 49.3 Å². The minimum Gasteiger partial charge on any atom is -0.396 e. The van der Waals surface area contributed by atoms with Gasteiger partial charge in [-0.3, -0.25) is 4.79 Å². The van der Waals surface area contributed by atoms with Crippen molar-refractivity contribution in [3.8, 4) is 0 Å².